The van der Waals surface area contributed by atoms with Crippen LogP contribution in [-0.2, 0) is 14.2 Å². The first-order valence-electron chi connectivity index (χ1n) is 12.9. The molecule has 1 aromatic carbocycles. The molecule has 1 aromatic rings. The normalized spacial score (nSPS) is 26.9. The van der Waals surface area contributed by atoms with E-state index in [-0.39, 0.29) is 35.5 Å². The molecule has 0 unspecified atom stereocenters. The van der Waals surface area contributed by atoms with Crippen molar-refractivity contribution < 1.29 is 28.8 Å². The van der Waals surface area contributed by atoms with Gasteiger partial charge in [0.05, 0.1) is 17.9 Å². The molecule has 2 N–H and O–H groups in total. The van der Waals surface area contributed by atoms with Gasteiger partial charge in [0.1, 0.15) is 0 Å². The predicted molar refractivity (Wildman–Crippen MR) is 133 cm³/mol. The Morgan fingerprint density at radius 3 is 2.66 bits per heavy atom. The van der Waals surface area contributed by atoms with Crippen LogP contribution in [0.2, 0.25) is 6.32 Å². The molecule has 2 aliphatic heterocycles. The zero-order valence-electron chi connectivity index (χ0n) is 20.8. The SMILES string of the molecule is CCCN1C(=O)[C@@H]2[C@@H](CC(CC)=C3[C@@H](CC/C(=C/c4ccc(O)c(F)c4)CC)OB(O)C[C@@H]32)C1=O. The van der Waals surface area contributed by atoms with Gasteiger partial charge in [-0.3, -0.25) is 14.5 Å². The summed E-state index contributed by atoms with van der Waals surface area (Å²) in [6.07, 6.45) is 6.11. The number of benzene rings is 1. The number of aromatic hydroxyl groups is 1. The second-order valence-electron chi connectivity index (χ2n) is 9.90. The van der Waals surface area contributed by atoms with Gasteiger partial charge in [0.15, 0.2) is 11.6 Å². The molecule has 3 aliphatic rings. The lowest BCUT2D eigenvalue weighted by Gasteiger charge is -2.43. The minimum Gasteiger partial charge on any atom is -0.505 e. The van der Waals surface area contributed by atoms with Crippen LogP contribution >= 0.6 is 0 Å². The van der Waals surface area contributed by atoms with Crippen LogP contribution in [0.25, 0.3) is 6.08 Å². The zero-order valence-corrected chi connectivity index (χ0v) is 20.8. The van der Waals surface area contributed by atoms with Crippen LogP contribution in [0.4, 0.5) is 4.39 Å². The van der Waals surface area contributed by atoms with Gasteiger partial charge in [-0.1, -0.05) is 44.1 Å². The third-order valence-electron chi connectivity index (χ3n) is 7.80. The van der Waals surface area contributed by atoms with Gasteiger partial charge in [0.2, 0.25) is 11.8 Å². The first-order chi connectivity index (χ1) is 16.8. The number of allylic oxidation sites excluding steroid dienone is 2. The fourth-order valence-corrected chi connectivity index (χ4v) is 6.13. The minimum absolute atomic E-state index is 0.0679. The van der Waals surface area contributed by atoms with Crippen LogP contribution in [0.15, 0.2) is 34.9 Å². The van der Waals surface area contributed by atoms with Gasteiger partial charge in [-0.15, -0.1) is 0 Å². The van der Waals surface area contributed by atoms with Crippen molar-refractivity contribution in [3.8, 4) is 5.75 Å². The van der Waals surface area contributed by atoms with Gasteiger partial charge in [0, 0.05) is 6.54 Å². The first kappa shape index (κ1) is 25.6. The largest absolute Gasteiger partial charge is 0.505 e. The number of phenolic OH excluding ortho intramolecular Hbond substituents is 1. The summed E-state index contributed by atoms with van der Waals surface area (Å²) in [6, 6.07) is 4.33. The topological polar surface area (TPSA) is 87.1 Å². The molecule has 0 radical (unpaired) electrons. The standard InChI is InChI=1S/C27H35BFNO5/c1-4-11-30-26(32)19-14-18(6-3)24-20(25(19)27(30)33)15-28(34)35-23(24)10-8-16(5-2)12-17-7-9-22(31)21(29)13-17/h7,9,12-13,19-20,23,25,31,34H,4-6,8,10-11,14-15H2,1-3H3/b16-12+/t19-,20+,23-,25-/m1/s1. The lowest BCUT2D eigenvalue weighted by Crippen LogP contribution is -2.46. The van der Waals surface area contributed by atoms with E-state index in [0.29, 0.717) is 37.7 Å². The van der Waals surface area contributed by atoms with Gasteiger partial charge in [-0.25, -0.2) is 4.39 Å². The van der Waals surface area contributed by atoms with Crippen molar-refractivity contribution in [3.63, 3.8) is 0 Å². The monoisotopic (exact) mass is 483 g/mol. The van der Waals surface area contributed by atoms with Gasteiger partial charge < -0.3 is 14.8 Å². The molecule has 35 heavy (non-hydrogen) atoms. The van der Waals surface area contributed by atoms with Crippen molar-refractivity contribution in [2.75, 3.05) is 6.54 Å². The lowest BCUT2D eigenvalue weighted by molar-refractivity contribution is -0.140. The summed E-state index contributed by atoms with van der Waals surface area (Å²) >= 11 is 0. The number of phenols is 1. The molecular formula is C27H35BFNO5. The number of amides is 2. The summed E-state index contributed by atoms with van der Waals surface area (Å²) in [4.78, 5) is 27.8. The Labute approximate surface area is 207 Å². The van der Waals surface area contributed by atoms with E-state index in [4.69, 9.17) is 4.65 Å². The smallest absolute Gasteiger partial charge is 0.455 e. The molecule has 188 valence electrons. The molecule has 2 saturated heterocycles. The summed E-state index contributed by atoms with van der Waals surface area (Å²) in [7, 11) is -0.978. The highest BCUT2D eigenvalue weighted by atomic mass is 19.1. The summed E-state index contributed by atoms with van der Waals surface area (Å²) in [5, 5.41) is 20.0. The number of fused-ring (bicyclic) bond motifs is 3. The molecule has 0 spiro atoms. The number of carbonyl (C=O) groups is 2. The van der Waals surface area contributed by atoms with Crippen molar-refractivity contribution in [2.45, 2.75) is 71.7 Å². The van der Waals surface area contributed by atoms with Crippen LogP contribution in [0.3, 0.4) is 0 Å². The summed E-state index contributed by atoms with van der Waals surface area (Å²) in [5.41, 5.74) is 4.06. The van der Waals surface area contributed by atoms with Crippen LogP contribution in [0, 0.1) is 23.6 Å². The van der Waals surface area contributed by atoms with Gasteiger partial charge in [-0.05, 0) is 74.0 Å². The molecule has 4 atom stereocenters. The Morgan fingerprint density at radius 2 is 2.00 bits per heavy atom. The number of rotatable bonds is 8. The number of imide groups is 1. The maximum Gasteiger partial charge on any atom is 0.455 e. The van der Waals surface area contributed by atoms with Gasteiger partial charge in [-0.2, -0.15) is 0 Å². The Morgan fingerprint density at radius 1 is 1.23 bits per heavy atom. The molecule has 6 nitrogen and oxygen atoms in total. The number of nitrogens with zero attached hydrogens (tertiary/aromatic N) is 1. The number of carbonyl (C=O) groups excluding carboxylic acids is 2. The fraction of sp³-hybridized carbons (Fsp3) is 0.556. The van der Waals surface area contributed by atoms with E-state index in [9.17, 15) is 24.1 Å². The van der Waals surface area contributed by atoms with E-state index in [1.54, 1.807) is 6.07 Å². The Hall–Kier alpha value is -2.45. The number of halogens is 1. The maximum atomic E-state index is 13.8. The Kier molecular flexibility index (Phi) is 7.81. The number of likely N-dealkylation sites (tertiary alicyclic amines) is 1. The molecule has 4 rings (SSSR count). The van der Waals surface area contributed by atoms with E-state index >= 15 is 0 Å². The Bertz CT molecular complexity index is 1050. The van der Waals surface area contributed by atoms with E-state index in [0.717, 1.165) is 30.4 Å². The number of hydrogen-bond acceptors (Lipinski definition) is 5. The van der Waals surface area contributed by atoms with Crippen LogP contribution in [0.5, 0.6) is 5.75 Å². The van der Waals surface area contributed by atoms with E-state index < -0.39 is 18.9 Å². The van der Waals surface area contributed by atoms with Crippen molar-refractivity contribution in [1.82, 2.24) is 4.90 Å². The number of hydrogen-bond donors (Lipinski definition) is 2. The van der Waals surface area contributed by atoms with Crippen LogP contribution < -0.4 is 0 Å². The summed E-state index contributed by atoms with van der Waals surface area (Å²) < 4.78 is 19.8. The van der Waals surface area contributed by atoms with Crippen molar-refractivity contribution in [2.24, 2.45) is 17.8 Å². The highest BCUT2D eigenvalue weighted by Gasteiger charge is 2.56. The van der Waals surface area contributed by atoms with Gasteiger partial charge in [0.25, 0.3) is 0 Å². The second kappa shape index (κ2) is 10.7. The zero-order chi connectivity index (χ0) is 25.3. The molecule has 2 fully saturated rings. The first-order valence-corrected chi connectivity index (χ1v) is 12.9. The van der Waals surface area contributed by atoms with E-state index in [2.05, 4.69) is 6.92 Å². The molecule has 0 saturated carbocycles. The molecule has 8 heteroatoms. The molecule has 2 amide bonds. The van der Waals surface area contributed by atoms with E-state index in [1.807, 2.05) is 19.9 Å². The van der Waals surface area contributed by atoms with Gasteiger partial charge >= 0.3 is 7.12 Å². The van der Waals surface area contributed by atoms with Crippen molar-refractivity contribution >= 4 is 25.0 Å². The summed E-state index contributed by atoms with van der Waals surface area (Å²) in [5.74, 6) is -2.13. The summed E-state index contributed by atoms with van der Waals surface area (Å²) in [6.45, 7) is 6.52. The average molecular weight is 483 g/mol. The molecule has 0 aromatic heterocycles. The molecular weight excluding hydrogens is 448 g/mol. The Balaban J connectivity index is 1.58. The highest BCUT2D eigenvalue weighted by molar-refractivity contribution is 6.43. The fourth-order valence-electron chi connectivity index (χ4n) is 6.13. The second-order valence-corrected chi connectivity index (χ2v) is 9.90. The third kappa shape index (κ3) is 4.96. The molecule has 2 heterocycles. The third-order valence-corrected chi connectivity index (χ3v) is 7.80. The van der Waals surface area contributed by atoms with Crippen LogP contribution in [0.1, 0.15) is 64.9 Å². The average Bonchev–Trinajstić information content (AvgIpc) is 3.08. The maximum absolute atomic E-state index is 13.8. The molecule has 0 bridgehead atoms. The van der Waals surface area contributed by atoms with E-state index in [1.165, 1.54) is 22.6 Å². The lowest BCUT2D eigenvalue weighted by atomic mass is 9.58. The quantitative estimate of drug-likeness (QED) is 0.318. The molecule has 1 aliphatic carbocycles. The minimum atomic E-state index is -0.978. The van der Waals surface area contributed by atoms with Crippen LogP contribution in [-0.4, -0.2) is 46.6 Å². The highest BCUT2D eigenvalue weighted by Crippen LogP contribution is 2.51. The van der Waals surface area contributed by atoms with Crippen molar-refractivity contribution in [3.05, 3.63) is 46.3 Å². The van der Waals surface area contributed by atoms with Crippen molar-refractivity contribution in [1.29, 1.82) is 0 Å². The predicted octanol–water partition coefficient (Wildman–Crippen LogP) is 4.72.